The van der Waals surface area contributed by atoms with Gasteiger partial charge in [0.1, 0.15) is 0 Å². The lowest BCUT2D eigenvalue weighted by Crippen LogP contribution is -3.00. The first kappa shape index (κ1) is 13.3. The third-order valence-electron chi connectivity index (χ3n) is 2.80. The van der Waals surface area contributed by atoms with Crippen molar-refractivity contribution in [3.05, 3.63) is 48.9 Å². The first-order valence-electron chi connectivity index (χ1n) is 4.88. The second-order valence-electron chi connectivity index (χ2n) is 3.63. The summed E-state index contributed by atoms with van der Waals surface area (Å²) in [6.45, 7) is 0. The zero-order chi connectivity index (χ0) is 9.38. The summed E-state index contributed by atoms with van der Waals surface area (Å²) in [6, 6.07) is 0.873. The summed E-state index contributed by atoms with van der Waals surface area (Å²) in [5.74, 6) is 0. The zero-order valence-electron chi connectivity index (χ0n) is 8.58. The SMILES string of the molecule is C1=CC2C3C=CC=C[N+]3=CC=[N+]2C=C1.[Br-].[Br-]. The van der Waals surface area contributed by atoms with Gasteiger partial charge in [0.05, 0.1) is 0 Å². The molecule has 3 heterocycles. The summed E-state index contributed by atoms with van der Waals surface area (Å²) in [4.78, 5) is 0. The van der Waals surface area contributed by atoms with Crippen molar-refractivity contribution in [1.82, 2.24) is 0 Å². The molecule has 2 nitrogen and oxygen atoms in total. The minimum absolute atomic E-state index is 0. The lowest BCUT2D eigenvalue weighted by molar-refractivity contribution is -0.586. The molecule has 0 fully saturated rings. The quantitative estimate of drug-likeness (QED) is 0.389. The number of rotatable bonds is 0. The largest absolute Gasteiger partial charge is 1.00 e. The zero-order valence-corrected chi connectivity index (χ0v) is 11.8. The molecule has 0 amide bonds. The fourth-order valence-corrected chi connectivity index (χ4v) is 2.08. The predicted octanol–water partition coefficient (Wildman–Crippen LogP) is -4.92. The lowest BCUT2D eigenvalue weighted by Gasteiger charge is -2.20. The van der Waals surface area contributed by atoms with Gasteiger partial charge in [0.15, 0.2) is 12.4 Å². The van der Waals surface area contributed by atoms with Crippen molar-refractivity contribution in [3.8, 4) is 0 Å². The fourth-order valence-electron chi connectivity index (χ4n) is 2.08. The summed E-state index contributed by atoms with van der Waals surface area (Å²) in [5.41, 5.74) is 0. The van der Waals surface area contributed by atoms with Gasteiger partial charge in [-0.2, -0.15) is 9.15 Å². The van der Waals surface area contributed by atoms with E-state index in [0.29, 0.717) is 12.1 Å². The monoisotopic (exact) mass is 342 g/mol. The number of hydrogen-bond donors (Lipinski definition) is 0. The van der Waals surface area contributed by atoms with Gasteiger partial charge in [-0.25, -0.2) is 0 Å². The second kappa shape index (κ2) is 5.55. The van der Waals surface area contributed by atoms with Gasteiger partial charge in [-0.15, -0.1) is 0 Å². The van der Waals surface area contributed by atoms with E-state index in [2.05, 4.69) is 70.4 Å². The molecule has 0 spiro atoms. The number of hydrogen-bond acceptors (Lipinski definition) is 0. The maximum atomic E-state index is 2.24. The Morgan fingerprint density at radius 1 is 0.625 bits per heavy atom. The highest BCUT2D eigenvalue weighted by molar-refractivity contribution is 6.11. The van der Waals surface area contributed by atoms with Gasteiger partial charge >= 0.3 is 0 Å². The van der Waals surface area contributed by atoms with E-state index in [1.165, 1.54) is 0 Å². The van der Waals surface area contributed by atoms with Crippen LogP contribution in [0.4, 0.5) is 0 Å². The second-order valence-corrected chi connectivity index (χ2v) is 3.63. The van der Waals surface area contributed by atoms with E-state index in [9.17, 15) is 0 Å². The molecule has 0 aromatic carbocycles. The molecule has 0 aromatic rings. The normalized spacial score (nSPS) is 28.0. The Balaban J connectivity index is 0.000000640. The molecular weight excluding hydrogens is 332 g/mol. The van der Waals surface area contributed by atoms with Crippen LogP contribution in [0.5, 0.6) is 0 Å². The molecule has 3 aliphatic heterocycles. The van der Waals surface area contributed by atoms with Crippen molar-refractivity contribution in [2.45, 2.75) is 12.1 Å². The number of halogens is 2. The summed E-state index contributed by atoms with van der Waals surface area (Å²) < 4.78 is 4.48. The Kier molecular flexibility index (Phi) is 4.62. The molecule has 16 heavy (non-hydrogen) atoms. The van der Waals surface area contributed by atoms with Crippen LogP contribution >= 0.6 is 0 Å². The molecule has 3 aliphatic rings. The molecule has 3 rings (SSSR count). The fraction of sp³-hybridized carbons (Fsp3) is 0.167. The number of allylic oxidation sites excluding steroid dienone is 4. The molecule has 0 N–H and O–H groups in total. The average Bonchev–Trinajstić information content (AvgIpc) is 2.29. The molecule has 0 saturated heterocycles. The van der Waals surface area contributed by atoms with Crippen LogP contribution in [0, 0.1) is 0 Å². The van der Waals surface area contributed by atoms with E-state index in [1.807, 2.05) is 0 Å². The maximum absolute atomic E-state index is 2.24. The van der Waals surface area contributed by atoms with Crippen molar-refractivity contribution in [2.24, 2.45) is 0 Å². The summed E-state index contributed by atoms with van der Waals surface area (Å²) in [6.07, 6.45) is 21.3. The van der Waals surface area contributed by atoms with Crippen molar-refractivity contribution >= 4 is 12.4 Å². The standard InChI is InChI=1S/C12H12N2.2BrH/c1-3-7-13-9-10-14-8-4-2-6-12(14)11(13)5-1;;/h1-12H;2*1H/q+2;;/p-2. The minimum atomic E-state index is 0. The highest BCUT2D eigenvalue weighted by Crippen LogP contribution is 2.15. The van der Waals surface area contributed by atoms with Crippen LogP contribution in [0.25, 0.3) is 0 Å². The molecule has 0 bridgehead atoms. The molecule has 4 heteroatoms. The third kappa shape index (κ3) is 2.18. The Morgan fingerprint density at radius 3 is 1.50 bits per heavy atom. The van der Waals surface area contributed by atoms with Crippen LogP contribution in [-0.2, 0) is 0 Å². The van der Waals surface area contributed by atoms with Crippen LogP contribution in [0.3, 0.4) is 0 Å². The van der Waals surface area contributed by atoms with E-state index in [-0.39, 0.29) is 34.0 Å². The van der Waals surface area contributed by atoms with Gasteiger partial charge in [-0.05, 0) is 12.2 Å². The van der Waals surface area contributed by atoms with Gasteiger partial charge in [-0.1, -0.05) is 12.2 Å². The Morgan fingerprint density at radius 2 is 1.06 bits per heavy atom. The Labute approximate surface area is 116 Å². The molecule has 0 radical (unpaired) electrons. The third-order valence-corrected chi connectivity index (χ3v) is 2.80. The van der Waals surface area contributed by atoms with E-state index >= 15 is 0 Å². The maximum Gasteiger partial charge on any atom is 0.242 e. The van der Waals surface area contributed by atoms with Crippen molar-refractivity contribution < 1.29 is 43.1 Å². The molecule has 2 atom stereocenters. The van der Waals surface area contributed by atoms with E-state index < -0.39 is 0 Å². The van der Waals surface area contributed by atoms with Crippen molar-refractivity contribution in [3.63, 3.8) is 0 Å². The van der Waals surface area contributed by atoms with Crippen LogP contribution in [0.1, 0.15) is 0 Å². The summed E-state index contributed by atoms with van der Waals surface area (Å²) in [7, 11) is 0. The molecule has 84 valence electrons. The highest BCUT2D eigenvalue weighted by atomic mass is 79.9. The molecule has 2 unspecified atom stereocenters. The van der Waals surface area contributed by atoms with E-state index in [4.69, 9.17) is 0 Å². The molecule has 0 aromatic heterocycles. The summed E-state index contributed by atoms with van der Waals surface area (Å²) in [5, 5.41) is 0. The van der Waals surface area contributed by atoms with Gasteiger partial charge in [0, 0.05) is 12.2 Å². The van der Waals surface area contributed by atoms with Crippen molar-refractivity contribution in [2.75, 3.05) is 0 Å². The van der Waals surface area contributed by atoms with Crippen LogP contribution < -0.4 is 34.0 Å². The molecular formula is C12H12Br2N2. The Hall–Kier alpha value is -0.740. The van der Waals surface area contributed by atoms with Crippen LogP contribution in [-0.4, -0.2) is 33.7 Å². The first-order chi connectivity index (χ1) is 6.95. The van der Waals surface area contributed by atoms with Gasteiger partial charge in [0.25, 0.3) is 0 Å². The topological polar surface area (TPSA) is 6.02 Å². The number of nitrogens with zero attached hydrogens (tertiary/aromatic N) is 2. The smallest absolute Gasteiger partial charge is 0.242 e. The average molecular weight is 344 g/mol. The summed E-state index contributed by atoms with van der Waals surface area (Å²) >= 11 is 0. The first-order valence-corrected chi connectivity index (χ1v) is 4.88. The van der Waals surface area contributed by atoms with Gasteiger partial charge < -0.3 is 34.0 Å². The van der Waals surface area contributed by atoms with Gasteiger partial charge in [-0.3, -0.25) is 0 Å². The predicted molar refractivity (Wildman–Crippen MR) is 56.8 cm³/mol. The van der Waals surface area contributed by atoms with E-state index in [1.54, 1.807) is 0 Å². The van der Waals surface area contributed by atoms with Gasteiger partial charge in [0.2, 0.25) is 24.5 Å². The number of fused-ring (bicyclic) bond motifs is 3. The molecule has 0 aliphatic carbocycles. The minimum Gasteiger partial charge on any atom is -1.00 e. The molecule has 0 saturated carbocycles. The van der Waals surface area contributed by atoms with Crippen LogP contribution in [0.15, 0.2) is 48.9 Å². The van der Waals surface area contributed by atoms with E-state index in [0.717, 1.165) is 0 Å². The Bertz CT molecular complexity index is 400. The highest BCUT2D eigenvalue weighted by Gasteiger charge is 2.38. The van der Waals surface area contributed by atoms with Crippen molar-refractivity contribution in [1.29, 1.82) is 0 Å². The van der Waals surface area contributed by atoms with Crippen LogP contribution in [0.2, 0.25) is 0 Å². The lowest BCUT2D eigenvalue weighted by atomic mass is 10.0.